The standard InChI is InChI=1S/C13H16O/c1-2-3-7-12-8-4-5-9-13(12)10-6-11-14/h4-5,8-9,14H,2,6,10-11H2,1H3. The van der Waals surface area contributed by atoms with Crippen LogP contribution in [0.1, 0.15) is 30.9 Å². The first-order valence-corrected chi connectivity index (χ1v) is 5.06. The fourth-order valence-corrected chi connectivity index (χ4v) is 1.31. The molecule has 14 heavy (non-hydrogen) atoms. The van der Waals surface area contributed by atoms with Crippen molar-refractivity contribution in [3.63, 3.8) is 0 Å². The summed E-state index contributed by atoms with van der Waals surface area (Å²) in [5.74, 6) is 6.21. The van der Waals surface area contributed by atoms with Gasteiger partial charge in [-0.3, -0.25) is 0 Å². The van der Waals surface area contributed by atoms with Gasteiger partial charge in [0, 0.05) is 18.6 Å². The van der Waals surface area contributed by atoms with Gasteiger partial charge in [-0.2, -0.15) is 0 Å². The summed E-state index contributed by atoms with van der Waals surface area (Å²) in [6.45, 7) is 2.29. The van der Waals surface area contributed by atoms with Gasteiger partial charge in [-0.05, 0) is 24.5 Å². The third-order valence-electron chi connectivity index (χ3n) is 2.02. The number of hydrogen-bond donors (Lipinski definition) is 1. The van der Waals surface area contributed by atoms with Crippen molar-refractivity contribution in [1.82, 2.24) is 0 Å². The lowest BCUT2D eigenvalue weighted by Gasteiger charge is -2.02. The van der Waals surface area contributed by atoms with Crippen molar-refractivity contribution in [3.05, 3.63) is 35.4 Å². The van der Waals surface area contributed by atoms with Gasteiger partial charge in [-0.25, -0.2) is 0 Å². The second-order valence-corrected chi connectivity index (χ2v) is 3.14. The quantitative estimate of drug-likeness (QED) is 0.722. The predicted octanol–water partition coefficient (Wildman–Crippen LogP) is 2.37. The Morgan fingerprint density at radius 3 is 2.79 bits per heavy atom. The zero-order valence-electron chi connectivity index (χ0n) is 8.59. The van der Waals surface area contributed by atoms with E-state index in [-0.39, 0.29) is 6.61 Å². The second kappa shape index (κ2) is 6.23. The number of rotatable bonds is 3. The average molecular weight is 188 g/mol. The van der Waals surface area contributed by atoms with Crippen LogP contribution in [0.4, 0.5) is 0 Å². The minimum Gasteiger partial charge on any atom is -0.396 e. The van der Waals surface area contributed by atoms with Crippen LogP contribution in [0.5, 0.6) is 0 Å². The lowest BCUT2D eigenvalue weighted by molar-refractivity contribution is 0.288. The van der Waals surface area contributed by atoms with Crippen molar-refractivity contribution in [2.24, 2.45) is 0 Å². The van der Waals surface area contributed by atoms with Crippen molar-refractivity contribution in [1.29, 1.82) is 0 Å². The summed E-state index contributed by atoms with van der Waals surface area (Å²) in [6.07, 6.45) is 2.60. The third kappa shape index (κ3) is 3.24. The van der Waals surface area contributed by atoms with E-state index in [2.05, 4.69) is 17.9 Å². The molecule has 1 heteroatoms. The van der Waals surface area contributed by atoms with E-state index in [0.717, 1.165) is 24.8 Å². The summed E-state index contributed by atoms with van der Waals surface area (Å²) in [6, 6.07) is 8.14. The highest BCUT2D eigenvalue weighted by Crippen LogP contribution is 2.09. The van der Waals surface area contributed by atoms with E-state index in [4.69, 9.17) is 5.11 Å². The molecule has 0 atom stereocenters. The topological polar surface area (TPSA) is 20.2 Å². The summed E-state index contributed by atoms with van der Waals surface area (Å²) < 4.78 is 0. The summed E-state index contributed by atoms with van der Waals surface area (Å²) >= 11 is 0. The number of aryl methyl sites for hydroxylation is 1. The molecule has 0 amide bonds. The maximum Gasteiger partial charge on any atom is 0.0434 e. The zero-order chi connectivity index (χ0) is 10.2. The van der Waals surface area contributed by atoms with E-state index in [1.165, 1.54) is 5.56 Å². The van der Waals surface area contributed by atoms with Gasteiger partial charge in [-0.1, -0.05) is 37.0 Å². The van der Waals surface area contributed by atoms with E-state index in [1.54, 1.807) is 0 Å². The molecule has 0 aliphatic rings. The van der Waals surface area contributed by atoms with Gasteiger partial charge in [0.15, 0.2) is 0 Å². The van der Waals surface area contributed by atoms with E-state index >= 15 is 0 Å². The number of aliphatic hydroxyl groups is 1. The van der Waals surface area contributed by atoms with E-state index < -0.39 is 0 Å². The first-order valence-electron chi connectivity index (χ1n) is 5.06. The average Bonchev–Trinajstić information content (AvgIpc) is 2.24. The second-order valence-electron chi connectivity index (χ2n) is 3.14. The van der Waals surface area contributed by atoms with Crippen LogP contribution in [-0.4, -0.2) is 11.7 Å². The largest absolute Gasteiger partial charge is 0.396 e. The summed E-state index contributed by atoms with van der Waals surface area (Å²) in [4.78, 5) is 0. The number of aliphatic hydroxyl groups excluding tert-OH is 1. The Morgan fingerprint density at radius 1 is 1.29 bits per heavy atom. The lowest BCUT2D eigenvalue weighted by atomic mass is 10.0. The Kier molecular flexibility index (Phi) is 4.82. The predicted molar refractivity (Wildman–Crippen MR) is 59.0 cm³/mol. The minimum absolute atomic E-state index is 0.246. The van der Waals surface area contributed by atoms with Crippen LogP contribution in [0.15, 0.2) is 24.3 Å². The summed E-state index contributed by atoms with van der Waals surface area (Å²) in [7, 11) is 0. The maximum absolute atomic E-state index is 8.76. The van der Waals surface area contributed by atoms with Gasteiger partial charge >= 0.3 is 0 Å². The molecule has 1 nitrogen and oxygen atoms in total. The molecule has 74 valence electrons. The minimum atomic E-state index is 0.246. The Bertz CT molecular complexity index is 331. The molecule has 0 aliphatic carbocycles. The highest BCUT2D eigenvalue weighted by Gasteiger charge is 1.97. The molecular weight excluding hydrogens is 172 g/mol. The highest BCUT2D eigenvalue weighted by molar-refractivity contribution is 5.41. The highest BCUT2D eigenvalue weighted by atomic mass is 16.2. The van der Waals surface area contributed by atoms with E-state index in [0.29, 0.717) is 0 Å². The van der Waals surface area contributed by atoms with E-state index in [1.807, 2.05) is 25.1 Å². The summed E-state index contributed by atoms with van der Waals surface area (Å²) in [5.41, 5.74) is 2.34. The Morgan fingerprint density at radius 2 is 2.07 bits per heavy atom. The van der Waals surface area contributed by atoms with Crippen LogP contribution in [-0.2, 0) is 6.42 Å². The smallest absolute Gasteiger partial charge is 0.0434 e. The molecule has 0 saturated carbocycles. The van der Waals surface area contributed by atoms with Crippen LogP contribution >= 0.6 is 0 Å². The number of hydrogen-bond acceptors (Lipinski definition) is 1. The Hall–Kier alpha value is -1.26. The first kappa shape index (κ1) is 10.8. The van der Waals surface area contributed by atoms with Crippen LogP contribution in [0.2, 0.25) is 0 Å². The van der Waals surface area contributed by atoms with Gasteiger partial charge in [-0.15, -0.1) is 0 Å². The maximum atomic E-state index is 8.76. The van der Waals surface area contributed by atoms with Crippen LogP contribution in [0.3, 0.4) is 0 Å². The SMILES string of the molecule is CCC#Cc1ccccc1CCCO. The molecule has 1 rings (SSSR count). The molecule has 0 aliphatic heterocycles. The zero-order valence-corrected chi connectivity index (χ0v) is 8.59. The van der Waals surface area contributed by atoms with Crippen molar-refractivity contribution >= 4 is 0 Å². The Labute approximate surface area is 85.8 Å². The van der Waals surface area contributed by atoms with Gasteiger partial charge in [0.25, 0.3) is 0 Å². The van der Waals surface area contributed by atoms with Gasteiger partial charge in [0.2, 0.25) is 0 Å². The molecule has 0 heterocycles. The van der Waals surface area contributed by atoms with Crippen molar-refractivity contribution in [2.45, 2.75) is 26.2 Å². The van der Waals surface area contributed by atoms with Gasteiger partial charge in [0.1, 0.15) is 0 Å². The van der Waals surface area contributed by atoms with Crippen molar-refractivity contribution in [2.75, 3.05) is 6.61 Å². The lowest BCUT2D eigenvalue weighted by Crippen LogP contribution is -1.92. The van der Waals surface area contributed by atoms with Crippen LogP contribution < -0.4 is 0 Å². The molecular formula is C13H16O. The van der Waals surface area contributed by atoms with E-state index in [9.17, 15) is 0 Å². The Balaban J connectivity index is 2.80. The van der Waals surface area contributed by atoms with Gasteiger partial charge in [0.05, 0.1) is 0 Å². The fourth-order valence-electron chi connectivity index (χ4n) is 1.31. The van der Waals surface area contributed by atoms with Crippen LogP contribution in [0.25, 0.3) is 0 Å². The van der Waals surface area contributed by atoms with Gasteiger partial charge < -0.3 is 5.11 Å². The molecule has 0 bridgehead atoms. The molecule has 0 spiro atoms. The molecule has 0 unspecified atom stereocenters. The third-order valence-corrected chi connectivity index (χ3v) is 2.02. The normalized spacial score (nSPS) is 9.29. The van der Waals surface area contributed by atoms with Crippen LogP contribution in [0, 0.1) is 11.8 Å². The molecule has 0 radical (unpaired) electrons. The fraction of sp³-hybridized carbons (Fsp3) is 0.385. The molecule has 0 saturated heterocycles. The molecule has 1 N–H and O–H groups in total. The summed E-state index contributed by atoms with van der Waals surface area (Å²) in [5, 5.41) is 8.76. The first-order chi connectivity index (χ1) is 6.88. The molecule has 1 aromatic rings. The van der Waals surface area contributed by atoms with Crippen molar-refractivity contribution < 1.29 is 5.11 Å². The number of benzene rings is 1. The monoisotopic (exact) mass is 188 g/mol. The molecule has 0 aromatic heterocycles. The molecule has 1 aromatic carbocycles. The van der Waals surface area contributed by atoms with Crippen molar-refractivity contribution in [3.8, 4) is 11.8 Å². The molecule has 0 fully saturated rings.